The van der Waals surface area contributed by atoms with E-state index in [0.29, 0.717) is 12.1 Å². The lowest BCUT2D eigenvalue weighted by molar-refractivity contribution is -0.135. The van der Waals surface area contributed by atoms with E-state index in [-0.39, 0.29) is 23.6 Å². The molecule has 0 aliphatic carbocycles. The highest BCUT2D eigenvalue weighted by molar-refractivity contribution is 7.99. The number of thioether (sulfide) groups is 1. The van der Waals surface area contributed by atoms with Gasteiger partial charge in [0, 0.05) is 25.2 Å². The van der Waals surface area contributed by atoms with Crippen LogP contribution in [0.5, 0.6) is 0 Å². The Bertz CT molecular complexity index is 206. The molecule has 1 saturated heterocycles. The summed E-state index contributed by atoms with van der Waals surface area (Å²) in [4.78, 5) is 14.1. The first-order valence-electron chi connectivity index (χ1n) is 5.13. The molecule has 0 aromatic carbocycles. The highest BCUT2D eigenvalue weighted by atomic mass is 35.5. The van der Waals surface area contributed by atoms with E-state index in [1.54, 1.807) is 11.8 Å². The lowest BCUT2D eigenvalue weighted by atomic mass is 10.1. The number of amides is 1. The Kier molecular flexibility index (Phi) is 6.64. The van der Waals surface area contributed by atoms with Crippen molar-refractivity contribution in [1.82, 2.24) is 10.2 Å². The Balaban J connectivity index is 0.00000196. The van der Waals surface area contributed by atoms with Crippen molar-refractivity contribution in [2.24, 2.45) is 0 Å². The van der Waals surface area contributed by atoms with Gasteiger partial charge in [-0.1, -0.05) is 0 Å². The zero-order valence-corrected chi connectivity index (χ0v) is 11.5. The van der Waals surface area contributed by atoms with Gasteiger partial charge in [0.15, 0.2) is 0 Å². The fraction of sp³-hybridized carbons (Fsp3) is 0.900. The van der Waals surface area contributed by atoms with Crippen LogP contribution in [0.1, 0.15) is 20.8 Å². The first-order valence-corrected chi connectivity index (χ1v) is 6.42. The second kappa shape index (κ2) is 6.61. The van der Waals surface area contributed by atoms with E-state index in [1.165, 1.54) is 0 Å². The van der Waals surface area contributed by atoms with Gasteiger partial charge in [-0.25, -0.2) is 0 Å². The minimum Gasteiger partial charge on any atom is -0.334 e. The van der Waals surface area contributed by atoms with Gasteiger partial charge in [0.25, 0.3) is 0 Å². The topological polar surface area (TPSA) is 32.3 Å². The van der Waals surface area contributed by atoms with Gasteiger partial charge < -0.3 is 10.2 Å². The maximum absolute atomic E-state index is 12.0. The SMILES string of the molecule is CSC(C)C(=O)N1C(C)CNCC1C.Cl. The summed E-state index contributed by atoms with van der Waals surface area (Å²) >= 11 is 1.62. The van der Waals surface area contributed by atoms with E-state index in [2.05, 4.69) is 19.2 Å². The fourth-order valence-electron chi connectivity index (χ4n) is 1.88. The molecule has 0 radical (unpaired) electrons. The number of nitrogens with zero attached hydrogens (tertiary/aromatic N) is 1. The van der Waals surface area contributed by atoms with Crippen LogP contribution in [0.4, 0.5) is 0 Å². The van der Waals surface area contributed by atoms with Crippen LogP contribution in [0, 0.1) is 0 Å². The number of piperazine rings is 1. The Morgan fingerprint density at radius 3 is 2.27 bits per heavy atom. The number of carbonyl (C=O) groups excluding carboxylic acids is 1. The summed E-state index contributed by atoms with van der Waals surface area (Å²) in [5, 5.41) is 3.41. The molecule has 1 rings (SSSR count). The minimum absolute atomic E-state index is 0. The van der Waals surface area contributed by atoms with Crippen molar-refractivity contribution in [1.29, 1.82) is 0 Å². The molecule has 1 aliphatic heterocycles. The summed E-state index contributed by atoms with van der Waals surface area (Å²) in [7, 11) is 0. The molecule has 15 heavy (non-hydrogen) atoms. The smallest absolute Gasteiger partial charge is 0.235 e. The number of hydrogen-bond donors (Lipinski definition) is 1. The van der Waals surface area contributed by atoms with E-state index in [1.807, 2.05) is 18.1 Å². The van der Waals surface area contributed by atoms with Gasteiger partial charge in [-0.15, -0.1) is 12.4 Å². The zero-order valence-electron chi connectivity index (χ0n) is 9.82. The van der Waals surface area contributed by atoms with Crippen molar-refractivity contribution < 1.29 is 4.79 Å². The molecule has 0 spiro atoms. The molecular weight excluding hydrogens is 232 g/mol. The van der Waals surface area contributed by atoms with Crippen LogP contribution >= 0.6 is 24.2 Å². The Morgan fingerprint density at radius 2 is 1.87 bits per heavy atom. The van der Waals surface area contributed by atoms with Crippen LogP contribution in [0.2, 0.25) is 0 Å². The normalized spacial score (nSPS) is 28.1. The molecule has 5 heteroatoms. The Hall–Kier alpha value is 0.0700. The summed E-state index contributed by atoms with van der Waals surface area (Å²) in [5.41, 5.74) is 0. The zero-order chi connectivity index (χ0) is 10.7. The summed E-state index contributed by atoms with van der Waals surface area (Å²) in [6.07, 6.45) is 1.99. The maximum atomic E-state index is 12.0. The molecule has 1 aliphatic rings. The van der Waals surface area contributed by atoms with Crippen LogP contribution in [-0.4, -0.2) is 47.5 Å². The van der Waals surface area contributed by atoms with E-state index in [4.69, 9.17) is 0 Å². The van der Waals surface area contributed by atoms with E-state index >= 15 is 0 Å². The third-order valence-corrected chi connectivity index (χ3v) is 3.69. The Labute approximate surface area is 103 Å². The average molecular weight is 253 g/mol. The molecule has 1 fully saturated rings. The molecule has 1 amide bonds. The van der Waals surface area contributed by atoms with Gasteiger partial charge in [-0.2, -0.15) is 11.8 Å². The molecule has 0 bridgehead atoms. The van der Waals surface area contributed by atoms with Gasteiger partial charge in [0.05, 0.1) is 5.25 Å². The van der Waals surface area contributed by atoms with Crippen LogP contribution in [0.3, 0.4) is 0 Å². The molecule has 0 aromatic rings. The van der Waals surface area contributed by atoms with Crippen molar-refractivity contribution >= 4 is 30.1 Å². The van der Waals surface area contributed by atoms with Crippen LogP contribution in [-0.2, 0) is 4.79 Å². The quantitative estimate of drug-likeness (QED) is 0.806. The minimum atomic E-state index is 0. The van der Waals surface area contributed by atoms with Crippen molar-refractivity contribution in [2.75, 3.05) is 19.3 Å². The molecule has 0 aromatic heterocycles. The van der Waals surface area contributed by atoms with Crippen molar-refractivity contribution in [3.63, 3.8) is 0 Å². The number of rotatable bonds is 2. The predicted octanol–water partition coefficient (Wildman–Crippen LogP) is 1.37. The average Bonchev–Trinajstić information content (AvgIpc) is 2.16. The summed E-state index contributed by atoms with van der Waals surface area (Å²) in [6, 6.07) is 0.640. The largest absolute Gasteiger partial charge is 0.334 e. The molecule has 1 heterocycles. The van der Waals surface area contributed by atoms with Crippen molar-refractivity contribution in [3.8, 4) is 0 Å². The van der Waals surface area contributed by atoms with Crippen LogP contribution in [0.25, 0.3) is 0 Å². The predicted molar refractivity (Wildman–Crippen MR) is 68.9 cm³/mol. The van der Waals surface area contributed by atoms with Gasteiger partial charge in [-0.3, -0.25) is 4.79 Å². The molecule has 3 unspecified atom stereocenters. The van der Waals surface area contributed by atoms with Gasteiger partial charge >= 0.3 is 0 Å². The molecule has 0 saturated carbocycles. The second-order valence-corrected chi connectivity index (χ2v) is 5.16. The van der Waals surface area contributed by atoms with Crippen LogP contribution < -0.4 is 5.32 Å². The van der Waals surface area contributed by atoms with E-state index < -0.39 is 0 Å². The lowest BCUT2D eigenvalue weighted by Crippen LogP contribution is -2.58. The van der Waals surface area contributed by atoms with Gasteiger partial charge in [-0.05, 0) is 27.0 Å². The van der Waals surface area contributed by atoms with E-state index in [0.717, 1.165) is 13.1 Å². The standard InChI is InChI=1S/C10H20N2OS.ClH/c1-7-5-11-6-8(2)12(7)10(13)9(3)14-4;/h7-9,11H,5-6H2,1-4H3;1H. The van der Waals surface area contributed by atoms with Crippen molar-refractivity contribution in [2.45, 2.75) is 38.1 Å². The number of hydrogen-bond acceptors (Lipinski definition) is 3. The summed E-state index contributed by atoms with van der Waals surface area (Å²) in [6.45, 7) is 8.02. The highest BCUT2D eigenvalue weighted by Gasteiger charge is 2.30. The molecule has 1 N–H and O–H groups in total. The van der Waals surface area contributed by atoms with Crippen molar-refractivity contribution in [3.05, 3.63) is 0 Å². The van der Waals surface area contributed by atoms with Crippen LogP contribution in [0.15, 0.2) is 0 Å². The molecular formula is C10H21ClN2OS. The Morgan fingerprint density at radius 1 is 1.40 bits per heavy atom. The maximum Gasteiger partial charge on any atom is 0.235 e. The summed E-state index contributed by atoms with van der Waals surface area (Å²) in [5.74, 6) is 0.277. The third-order valence-electron chi connectivity index (χ3n) is 2.79. The molecule has 90 valence electrons. The van der Waals surface area contributed by atoms with E-state index in [9.17, 15) is 4.79 Å². The lowest BCUT2D eigenvalue weighted by Gasteiger charge is -2.40. The summed E-state index contributed by atoms with van der Waals surface area (Å²) < 4.78 is 0. The van der Waals surface area contributed by atoms with Gasteiger partial charge in [0.1, 0.15) is 0 Å². The second-order valence-electron chi connectivity index (χ2n) is 3.98. The monoisotopic (exact) mass is 252 g/mol. The first-order chi connectivity index (χ1) is 6.57. The number of carbonyl (C=O) groups is 1. The molecule has 3 atom stereocenters. The number of halogens is 1. The number of nitrogens with one attached hydrogen (secondary N) is 1. The third kappa shape index (κ3) is 3.54. The first kappa shape index (κ1) is 15.1. The van der Waals surface area contributed by atoms with Gasteiger partial charge in [0.2, 0.25) is 5.91 Å². The molecule has 3 nitrogen and oxygen atoms in total. The fourth-order valence-corrected chi connectivity index (χ4v) is 2.20. The highest BCUT2D eigenvalue weighted by Crippen LogP contribution is 2.16.